The van der Waals surface area contributed by atoms with Crippen molar-refractivity contribution in [3.63, 3.8) is 0 Å². The van der Waals surface area contributed by atoms with Crippen LogP contribution in [0, 0.1) is 18.8 Å². The molecule has 0 aromatic heterocycles. The van der Waals surface area contributed by atoms with Crippen molar-refractivity contribution in [1.29, 1.82) is 0 Å². The summed E-state index contributed by atoms with van der Waals surface area (Å²) in [5.74, 6) is 3.88. The molecule has 0 bridgehead atoms. The summed E-state index contributed by atoms with van der Waals surface area (Å²) in [6.45, 7) is 1.39. The third kappa shape index (κ3) is 3.08. The highest BCUT2D eigenvalue weighted by atomic mass is 16.2. The molecule has 6 heteroatoms. The Morgan fingerprint density at radius 2 is 1.12 bits per heavy atom. The highest BCUT2D eigenvalue weighted by Crippen LogP contribution is 2.28. The maximum absolute atomic E-state index is 13.0. The molecule has 3 aromatic rings. The van der Waals surface area contributed by atoms with Crippen LogP contribution in [0.5, 0.6) is 0 Å². The Labute approximate surface area is 184 Å². The molecule has 32 heavy (non-hydrogen) atoms. The summed E-state index contributed by atoms with van der Waals surface area (Å²) >= 11 is 0. The number of imide groups is 2. The lowest BCUT2D eigenvalue weighted by molar-refractivity contribution is 0.0471. The standard InChI is InChI=1S/C26H16N2O4/c1-16-7-11-19-21(13-16)25(31)27(23(19)29)15-28-24(30)20-12-10-18(14-22(20)26(28)32)9-8-17-5-3-2-4-6-17/h2-7,10-14H,15H2,1H3. The largest absolute Gasteiger partial charge is 0.269 e. The first-order valence-corrected chi connectivity index (χ1v) is 9.98. The van der Waals surface area contributed by atoms with Gasteiger partial charge in [0.25, 0.3) is 23.6 Å². The Kier molecular flexibility index (Phi) is 4.46. The van der Waals surface area contributed by atoms with Gasteiger partial charge in [-0.2, -0.15) is 0 Å². The summed E-state index contributed by atoms with van der Waals surface area (Å²) in [7, 11) is 0. The lowest BCUT2D eigenvalue weighted by Gasteiger charge is -2.20. The second kappa shape index (κ2) is 7.33. The number of hydrogen-bond acceptors (Lipinski definition) is 4. The van der Waals surface area contributed by atoms with E-state index in [2.05, 4.69) is 11.8 Å². The molecule has 5 rings (SSSR count). The Bertz CT molecular complexity index is 1400. The molecule has 3 aromatic carbocycles. The monoisotopic (exact) mass is 420 g/mol. The SMILES string of the molecule is Cc1ccc2c(c1)C(=O)N(CN1C(=O)c3ccc(C#Cc4ccccc4)cc3C1=O)C2=O. The normalized spacial score (nSPS) is 14.4. The Balaban J connectivity index is 1.41. The lowest BCUT2D eigenvalue weighted by atomic mass is 10.1. The smallest absolute Gasteiger partial charge is 0.263 e. The fourth-order valence-corrected chi connectivity index (χ4v) is 3.84. The van der Waals surface area contributed by atoms with E-state index in [1.165, 1.54) is 0 Å². The Hall–Kier alpha value is -4.50. The van der Waals surface area contributed by atoms with Gasteiger partial charge in [-0.15, -0.1) is 0 Å². The molecule has 4 amide bonds. The quantitative estimate of drug-likeness (QED) is 0.471. The zero-order valence-corrected chi connectivity index (χ0v) is 17.1. The third-order valence-electron chi connectivity index (χ3n) is 5.50. The average Bonchev–Trinajstić information content (AvgIpc) is 3.18. The van der Waals surface area contributed by atoms with E-state index >= 15 is 0 Å². The topological polar surface area (TPSA) is 74.8 Å². The maximum Gasteiger partial charge on any atom is 0.263 e. The number of carbonyl (C=O) groups is 4. The number of benzene rings is 3. The van der Waals surface area contributed by atoms with Gasteiger partial charge in [-0.3, -0.25) is 29.0 Å². The van der Waals surface area contributed by atoms with E-state index in [0.29, 0.717) is 5.56 Å². The summed E-state index contributed by atoms with van der Waals surface area (Å²) in [4.78, 5) is 53.1. The van der Waals surface area contributed by atoms with Gasteiger partial charge in [0.2, 0.25) is 0 Å². The summed E-state index contributed by atoms with van der Waals surface area (Å²) < 4.78 is 0. The molecule has 0 atom stereocenters. The summed E-state index contributed by atoms with van der Waals surface area (Å²) in [6, 6.07) is 19.2. The maximum atomic E-state index is 13.0. The fourth-order valence-electron chi connectivity index (χ4n) is 3.84. The predicted octanol–water partition coefficient (Wildman–Crippen LogP) is 3.24. The predicted molar refractivity (Wildman–Crippen MR) is 116 cm³/mol. The number of amides is 4. The molecule has 0 spiro atoms. The molecule has 0 fully saturated rings. The minimum atomic E-state index is -0.555. The molecule has 154 valence electrons. The van der Waals surface area contributed by atoms with Crippen LogP contribution >= 0.6 is 0 Å². The van der Waals surface area contributed by atoms with Crippen LogP contribution in [-0.4, -0.2) is 40.1 Å². The third-order valence-corrected chi connectivity index (χ3v) is 5.50. The molecule has 2 heterocycles. The van der Waals surface area contributed by atoms with Crippen LogP contribution in [0.1, 0.15) is 58.1 Å². The second-order valence-corrected chi connectivity index (χ2v) is 7.64. The van der Waals surface area contributed by atoms with Gasteiger partial charge in [-0.05, 0) is 49.4 Å². The first kappa shape index (κ1) is 19.5. The van der Waals surface area contributed by atoms with Crippen molar-refractivity contribution in [2.45, 2.75) is 6.92 Å². The summed E-state index contributed by atoms with van der Waals surface area (Å²) in [5.41, 5.74) is 3.26. The van der Waals surface area contributed by atoms with Crippen LogP contribution in [0.4, 0.5) is 0 Å². The number of fused-ring (bicyclic) bond motifs is 2. The summed E-state index contributed by atoms with van der Waals surface area (Å²) in [5, 5.41) is 0. The Morgan fingerprint density at radius 3 is 1.78 bits per heavy atom. The Morgan fingerprint density at radius 1 is 0.594 bits per heavy atom. The van der Waals surface area contributed by atoms with Gasteiger partial charge >= 0.3 is 0 Å². The first-order chi connectivity index (χ1) is 15.4. The highest BCUT2D eigenvalue weighted by Gasteiger charge is 2.42. The van der Waals surface area contributed by atoms with E-state index in [1.54, 1.807) is 36.4 Å². The van der Waals surface area contributed by atoms with Crippen molar-refractivity contribution in [2.24, 2.45) is 0 Å². The average molecular weight is 420 g/mol. The van der Waals surface area contributed by atoms with E-state index in [0.717, 1.165) is 20.9 Å². The van der Waals surface area contributed by atoms with Gasteiger partial charge in [-0.1, -0.05) is 41.7 Å². The first-order valence-electron chi connectivity index (χ1n) is 9.98. The van der Waals surface area contributed by atoms with Crippen molar-refractivity contribution in [1.82, 2.24) is 9.80 Å². The van der Waals surface area contributed by atoms with Crippen molar-refractivity contribution in [2.75, 3.05) is 6.67 Å². The van der Waals surface area contributed by atoms with Gasteiger partial charge in [0.05, 0.1) is 22.3 Å². The van der Waals surface area contributed by atoms with Gasteiger partial charge in [0.15, 0.2) is 0 Å². The van der Waals surface area contributed by atoms with Crippen LogP contribution in [-0.2, 0) is 0 Å². The van der Waals surface area contributed by atoms with E-state index < -0.39 is 30.3 Å². The minimum Gasteiger partial charge on any atom is -0.269 e. The number of nitrogens with zero attached hydrogens (tertiary/aromatic N) is 2. The lowest BCUT2D eigenvalue weighted by Crippen LogP contribution is -2.43. The van der Waals surface area contributed by atoms with Crippen LogP contribution < -0.4 is 0 Å². The second-order valence-electron chi connectivity index (χ2n) is 7.64. The molecule has 0 unspecified atom stereocenters. The van der Waals surface area contributed by atoms with Crippen LogP contribution in [0.2, 0.25) is 0 Å². The van der Waals surface area contributed by atoms with Gasteiger partial charge < -0.3 is 0 Å². The zero-order chi connectivity index (χ0) is 22.4. The number of carbonyl (C=O) groups excluding carboxylic acids is 4. The zero-order valence-electron chi connectivity index (χ0n) is 17.1. The molecule has 2 aliphatic rings. The van der Waals surface area contributed by atoms with Gasteiger partial charge in [0, 0.05) is 11.1 Å². The van der Waals surface area contributed by atoms with E-state index in [9.17, 15) is 19.2 Å². The molecule has 0 radical (unpaired) electrons. The molecule has 0 saturated heterocycles. The van der Waals surface area contributed by atoms with Crippen molar-refractivity contribution in [3.8, 4) is 11.8 Å². The van der Waals surface area contributed by atoms with Crippen LogP contribution in [0.3, 0.4) is 0 Å². The van der Waals surface area contributed by atoms with Crippen molar-refractivity contribution >= 4 is 23.6 Å². The number of hydrogen-bond donors (Lipinski definition) is 0. The molecule has 0 saturated carbocycles. The van der Waals surface area contributed by atoms with Gasteiger partial charge in [-0.25, -0.2) is 0 Å². The number of rotatable bonds is 2. The van der Waals surface area contributed by atoms with Crippen molar-refractivity contribution in [3.05, 3.63) is 106 Å². The number of aryl methyl sites for hydroxylation is 1. The van der Waals surface area contributed by atoms with Crippen molar-refractivity contribution < 1.29 is 19.2 Å². The van der Waals surface area contributed by atoms with E-state index in [1.807, 2.05) is 37.3 Å². The van der Waals surface area contributed by atoms with Crippen LogP contribution in [0.25, 0.3) is 0 Å². The highest BCUT2D eigenvalue weighted by molar-refractivity contribution is 6.24. The van der Waals surface area contributed by atoms with E-state index in [4.69, 9.17) is 0 Å². The molecular weight excluding hydrogens is 404 g/mol. The molecule has 6 nitrogen and oxygen atoms in total. The minimum absolute atomic E-state index is 0.210. The molecule has 0 N–H and O–H groups in total. The molecule has 0 aliphatic carbocycles. The fraction of sp³-hybridized carbons (Fsp3) is 0.0769. The molecule has 2 aliphatic heterocycles. The summed E-state index contributed by atoms with van der Waals surface area (Å²) in [6.07, 6.45) is 0. The van der Waals surface area contributed by atoms with E-state index in [-0.39, 0.29) is 22.3 Å². The molecular formula is C26H16N2O4. The van der Waals surface area contributed by atoms with Gasteiger partial charge in [0.1, 0.15) is 6.67 Å². The van der Waals surface area contributed by atoms with Crippen LogP contribution in [0.15, 0.2) is 66.7 Å².